The van der Waals surface area contributed by atoms with Crippen molar-refractivity contribution in [2.75, 3.05) is 52.9 Å². The van der Waals surface area contributed by atoms with Gasteiger partial charge in [0, 0.05) is 46.2 Å². The van der Waals surface area contributed by atoms with Crippen LogP contribution in [0.2, 0.25) is 0 Å². The van der Waals surface area contributed by atoms with Crippen molar-refractivity contribution in [2.24, 2.45) is 16.8 Å². The molecule has 6 nitrogen and oxygen atoms in total. The molecule has 0 bridgehead atoms. The molecule has 1 unspecified atom stereocenters. The second-order valence-corrected chi connectivity index (χ2v) is 7.97. The summed E-state index contributed by atoms with van der Waals surface area (Å²) in [5, 5.41) is 6.20. The summed E-state index contributed by atoms with van der Waals surface area (Å²) in [6, 6.07) is 0. The largest absolute Gasteiger partial charge is 0.359 e. The van der Waals surface area contributed by atoms with Crippen LogP contribution in [0.3, 0.4) is 0 Å². The van der Waals surface area contributed by atoms with Crippen LogP contribution in [0.1, 0.15) is 52.4 Å². The van der Waals surface area contributed by atoms with Crippen LogP contribution >= 0.6 is 0 Å². The van der Waals surface area contributed by atoms with Gasteiger partial charge in [-0.15, -0.1) is 0 Å². The number of piperidine rings is 2. The molecule has 2 fully saturated rings. The molecule has 1 atom stereocenters. The fraction of sp³-hybridized carbons (Fsp3) is 0.900. The van der Waals surface area contributed by atoms with E-state index in [4.69, 9.17) is 4.99 Å². The first kappa shape index (κ1) is 21.0. The van der Waals surface area contributed by atoms with E-state index in [0.29, 0.717) is 18.3 Å². The Morgan fingerprint density at radius 2 is 1.85 bits per heavy atom. The van der Waals surface area contributed by atoms with E-state index < -0.39 is 0 Å². The predicted molar refractivity (Wildman–Crippen MR) is 108 cm³/mol. The Labute approximate surface area is 159 Å². The summed E-state index contributed by atoms with van der Waals surface area (Å²) in [5.74, 6) is 2.31. The van der Waals surface area contributed by atoms with E-state index >= 15 is 0 Å². The van der Waals surface area contributed by atoms with Gasteiger partial charge >= 0.3 is 0 Å². The second kappa shape index (κ2) is 11.4. The highest BCUT2D eigenvalue weighted by atomic mass is 16.1. The third-order valence-electron chi connectivity index (χ3n) is 5.57. The number of carbonyl (C=O) groups excluding carboxylic acids is 1. The summed E-state index contributed by atoms with van der Waals surface area (Å²) in [6.07, 6.45) is 6.89. The van der Waals surface area contributed by atoms with Crippen LogP contribution in [-0.4, -0.2) is 74.5 Å². The lowest BCUT2D eigenvalue weighted by molar-refractivity contribution is -0.121. The van der Waals surface area contributed by atoms with Crippen LogP contribution in [-0.2, 0) is 4.79 Å². The number of hydrogen-bond acceptors (Lipinski definition) is 3. The number of aliphatic imine (C=N–C) groups is 1. The number of amides is 1. The Bertz CT molecular complexity index is 439. The number of carbonyl (C=O) groups is 1. The Kier molecular flexibility index (Phi) is 9.23. The van der Waals surface area contributed by atoms with Crippen molar-refractivity contribution in [3.8, 4) is 0 Å². The zero-order valence-corrected chi connectivity index (χ0v) is 17.1. The summed E-state index contributed by atoms with van der Waals surface area (Å²) < 4.78 is 0. The predicted octanol–water partition coefficient (Wildman–Crippen LogP) is 1.92. The van der Waals surface area contributed by atoms with Crippen molar-refractivity contribution in [1.29, 1.82) is 0 Å². The van der Waals surface area contributed by atoms with Gasteiger partial charge in [-0.25, -0.2) is 0 Å². The van der Waals surface area contributed by atoms with Crippen LogP contribution < -0.4 is 10.6 Å². The summed E-state index contributed by atoms with van der Waals surface area (Å²) in [6.45, 7) is 11.9. The minimum atomic E-state index is 0.163. The molecule has 1 amide bonds. The molecule has 0 saturated carbocycles. The van der Waals surface area contributed by atoms with Gasteiger partial charge in [-0.3, -0.25) is 9.79 Å². The molecule has 26 heavy (non-hydrogen) atoms. The molecule has 2 aliphatic heterocycles. The topological polar surface area (TPSA) is 60.0 Å². The van der Waals surface area contributed by atoms with Gasteiger partial charge in [-0.05, 0) is 57.5 Å². The minimum absolute atomic E-state index is 0.163. The molecule has 2 heterocycles. The van der Waals surface area contributed by atoms with Crippen LogP contribution in [0.25, 0.3) is 0 Å². The normalized spacial score (nSPS) is 21.5. The zero-order chi connectivity index (χ0) is 18.8. The van der Waals surface area contributed by atoms with E-state index in [1.54, 1.807) is 7.05 Å². The van der Waals surface area contributed by atoms with Crippen LogP contribution in [0, 0.1) is 11.8 Å². The Morgan fingerprint density at radius 3 is 2.46 bits per heavy atom. The van der Waals surface area contributed by atoms with E-state index in [1.807, 2.05) is 0 Å². The van der Waals surface area contributed by atoms with E-state index in [-0.39, 0.29) is 5.91 Å². The molecular formula is C20H39N5O. The number of nitrogens with one attached hydrogen (secondary N) is 2. The van der Waals surface area contributed by atoms with E-state index in [2.05, 4.69) is 34.3 Å². The Hall–Kier alpha value is -1.30. The number of likely N-dealkylation sites (tertiary alicyclic amines) is 2. The maximum absolute atomic E-state index is 11.6. The standard InChI is InChI=1S/C20H39N5O/c1-4-22-20(23-15-17(2)16-24-10-6-5-7-11-24)25-12-8-18(9-13-25)14-19(26)21-3/h17-18H,4-16H2,1-3H3,(H,21,26)(H,22,23). The van der Waals surface area contributed by atoms with Gasteiger partial charge in [-0.2, -0.15) is 0 Å². The van der Waals surface area contributed by atoms with Gasteiger partial charge in [-0.1, -0.05) is 13.3 Å². The first-order chi connectivity index (χ1) is 12.6. The first-order valence-electron chi connectivity index (χ1n) is 10.6. The molecule has 2 rings (SSSR count). The fourth-order valence-corrected chi connectivity index (χ4v) is 4.02. The Balaban J connectivity index is 1.79. The lowest BCUT2D eigenvalue weighted by Crippen LogP contribution is -2.46. The summed E-state index contributed by atoms with van der Waals surface area (Å²) in [4.78, 5) is 21.5. The van der Waals surface area contributed by atoms with Gasteiger partial charge in [0.2, 0.25) is 5.91 Å². The monoisotopic (exact) mass is 365 g/mol. The first-order valence-corrected chi connectivity index (χ1v) is 10.6. The van der Waals surface area contributed by atoms with Gasteiger partial charge in [0.1, 0.15) is 0 Å². The molecular weight excluding hydrogens is 326 g/mol. The van der Waals surface area contributed by atoms with Gasteiger partial charge < -0.3 is 20.4 Å². The Morgan fingerprint density at radius 1 is 1.15 bits per heavy atom. The average Bonchev–Trinajstić information content (AvgIpc) is 2.66. The molecule has 0 aromatic carbocycles. The molecule has 0 aliphatic carbocycles. The average molecular weight is 366 g/mol. The smallest absolute Gasteiger partial charge is 0.220 e. The van der Waals surface area contributed by atoms with Crippen molar-refractivity contribution in [1.82, 2.24) is 20.4 Å². The second-order valence-electron chi connectivity index (χ2n) is 7.97. The minimum Gasteiger partial charge on any atom is -0.359 e. The molecule has 0 aromatic rings. The highest BCUT2D eigenvalue weighted by Crippen LogP contribution is 2.20. The quantitative estimate of drug-likeness (QED) is 0.535. The highest BCUT2D eigenvalue weighted by Gasteiger charge is 2.23. The van der Waals surface area contributed by atoms with Gasteiger partial charge in [0.05, 0.1) is 0 Å². The van der Waals surface area contributed by atoms with E-state index in [9.17, 15) is 4.79 Å². The van der Waals surface area contributed by atoms with Crippen molar-refractivity contribution < 1.29 is 4.79 Å². The van der Waals surface area contributed by atoms with Gasteiger partial charge in [0.15, 0.2) is 5.96 Å². The number of rotatable bonds is 7. The number of nitrogens with zero attached hydrogens (tertiary/aromatic N) is 3. The SMILES string of the molecule is CCNC(=NCC(C)CN1CCCCC1)N1CCC(CC(=O)NC)CC1. The molecule has 0 aromatic heterocycles. The molecule has 2 saturated heterocycles. The maximum atomic E-state index is 11.6. The molecule has 2 N–H and O–H groups in total. The third kappa shape index (κ3) is 7.14. The molecule has 150 valence electrons. The number of guanidine groups is 1. The lowest BCUT2D eigenvalue weighted by atomic mass is 9.93. The molecule has 6 heteroatoms. The molecule has 0 radical (unpaired) electrons. The summed E-state index contributed by atoms with van der Waals surface area (Å²) in [7, 11) is 1.72. The van der Waals surface area contributed by atoms with Crippen LogP contribution in [0.5, 0.6) is 0 Å². The zero-order valence-electron chi connectivity index (χ0n) is 17.1. The summed E-state index contributed by atoms with van der Waals surface area (Å²) >= 11 is 0. The van der Waals surface area contributed by atoms with Crippen molar-refractivity contribution >= 4 is 11.9 Å². The van der Waals surface area contributed by atoms with E-state index in [0.717, 1.165) is 51.5 Å². The van der Waals surface area contributed by atoms with Crippen LogP contribution in [0.4, 0.5) is 0 Å². The van der Waals surface area contributed by atoms with Crippen LogP contribution in [0.15, 0.2) is 4.99 Å². The fourth-order valence-electron chi connectivity index (χ4n) is 4.02. The van der Waals surface area contributed by atoms with Crippen molar-refractivity contribution in [3.63, 3.8) is 0 Å². The van der Waals surface area contributed by atoms with Crippen molar-refractivity contribution in [2.45, 2.75) is 52.4 Å². The molecule has 2 aliphatic rings. The highest BCUT2D eigenvalue weighted by molar-refractivity contribution is 5.80. The molecule has 0 spiro atoms. The van der Waals surface area contributed by atoms with Gasteiger partial charge in [0.25, 0.3) is 0 Å². The van der Waals surface area contributed by atoms with E-state index in [1.165, 1.54) is 32.4 Å². The lowest BCUT2D eigenvalue weighted by Gasteiger charge is -2.34. The third-order valence-corrected chi connectivity index (χ3v) is 5.57. The maximum Gasteiger partial charge on any atom is 0.220 e. The number of hydrogen-bond donors (Lipinski definition) is 2. The van der Waals surface area contributed by atoms with Crippen molar-refractivity contribution in [3.05, 3.63) is 0 Å². The summed E-state index contributed by atoms with van der Waals surface area (Å²) in [5.41, 5.74) is 0.